The molecule has 0 spiro atoms. The Bertz CT molecular complexity index is 419. The van der Waals surface area contributed by atoms with E-state index in [1.165, 1.54) is 6.42 Å². The summed E-state index contributed by atoms with van der Waals surface area (Å²) in [5.74, 6) is 0.678. The fourth-order valence-electron chi connectivity index (χ4n) is 2.08. The maximum Gasteiger partial charge on any atom is 0.263 e. The number of halogens is 1. The lowest BCUT2D eigenvalue weighted by Crippen LogP contribution is -2.43. The van der Waals surface area contributed by atoms with Crippen LogP contribution in [0, 0.1) is 0 Å². The van der Waals surface area contributed by atoms with Crippen molar-refractivity contribution in [1.29, 1.82) is 0 Å². The second-order valence-electron chi connectivity index (χ2n) is 4.48. The van der Waals surface area contributed by atoms with Crippen molar-refractivity contribution in [1.82, 2.24) is 9.88 Å². The lowest BCUT2D eigenvalue weighted by Gasteiger charge is -2.29. The smallest absolute Gasteiger partial charge is 0.263 e. The largest absolute Gasteiger partial charge is 0.479 e. The van der Waals surface area contributed by atoms with Crippen molar-refractivity contribution >= 4 is 21.8 Å². The maximum atomic E-state index is 12.2. The van der Waals surface area contributed by atoms with Crippen LogP contribution in [0.15, 0.2) is 22.9 Å². The summed E-state index contributed by atoms with van der Waals surface area (Å²) < 4.78 is 6.47. The van der Waals surface area contributed by atoms with Gasteiger partial charge in [-0.25, -0.2) is 0 Å². The summed E-state index contributed by atoms with van der Waals surface area (Å²) in [6, 6.07) is 1.81. The zero-order valence-electron chi connectivity index (χ0n) is 10.4. The number of hydrogen-bond donors (Lipinski definition) is 0. The molecule has 18 heavy (non-hydrogen) atoms. The highest BCUT2D eigenvalue weighted by Gasteiger charge is 2.23. The Morgan fingerprint density at radius 2 is 2.11 bits per heavy atom. The van der Waals surface area contributed by atoms with Crippen LogP contribution in [0.25, 0.3) is 0 Å². The first-order valence-corrected chi connectivity index (χ1v) is 7.02. The number of carbonyl (C=O) groups excluding carboxylic acids is 1. The van der Waals surface area contributed by atoms with Crippen molar-refractivity contribution in [2.24, 2.45) is 0 Å². The summed E-state index contributed by atoms with van der Waals surface area (Å²) in [6.45, 7) is 3.49. The van der Waals surface area contributed by atoms with Crippen LogP contribution in [0.4, 0.5) is 0 Å². The summed E-state index contributed by atoms with van der Waals surface area (Å²) in [5.41, 5.74) is 0. The minimum absolute atomic E-state index is 0.0645. The number of piperidine rings is 1. The van der Waals surface area contributed by atoms with Gasteiger partial charge in [-0.2, -0.15) is 0 Å². The minimum atomic E-state index is -0.459. The number of likely N-dealkylation sites (tertiary alicyclic amines) is 1. The summed E-state index contributed by atoms with van der Waals surface area (Å²) in [6.07, 6.45) is 6.25. The van der Waals surface area contributed by atoms with Crippen LogP contribution >= 0.6 is 15.9 Å². The molecular weight excluding hydrogens is 296 g/mol. The molecule has 1 aromatic heterocycles. The average molecular weight is 313 g/mol. The standard InChI is InChI=1S/C13H17BrN2O2/c1-10(13(17)16-5-3-2-4-6-16)18-12-7-11(14)8-15-9-12/h7-10H,2-6H2,1H3. The van der Waals surface area contributed by atoms with Crippen molar-refractivity contribution in [3.05, 3.63) is 22.9 Å². The van der Waals surface area contributed by atoms with E-state index in [1.54, 1.807) is 19.3 Å². The molecule has 0 radical (unpaired) electrons. The van der Waals surface area contributed by atoms with Crippen LogP contribution < -0.4 is 4.74 Å². The van der Waals surface area contributed by atoms with E-state index in [4.69, 9.17) is 4.74 Å². The normalized spacial score (nSPS) is 17.3. The van der Waals surface area contributed by atoms with Gasteiger partial charge in [0, 0.05) is 23.8 Å². The van der Waals surface area contributed by atoms with Gasteiger partial charge in [0.2, 0.25) is 0 Å². The third-order valence-electron chi connectivity index (χ3n) is 3.01. The molecule has 0 bridgehead atoms. The molecule has 2 heterocycles. The molecule has 1 aliphatic rings. The number of pyridine rings is 1. The van der Waals surface area contributed by atoms with Gasteiger partial charge in [-0.3, -0.25) is 9.78 Å². The third kappa shape index (κ3) is 3.45. The minimum Gasteiger partial charge on any atom is -0.479 e. The third-order valence-corrected chi connectivity index (χ3v) is 3.44. The molecule has 5 heteroatoms. The second-order valence-corrected chi connectivity index (χ2v) is 5.40. The Morgan fingerprint density at radius 1 is 1.39 bits per heavy atom. The first-order valence-electron chi connectivity index (χ1n) is 6.23. The predicted octanol–water partition coefficient (Wildman–Crippen LogP) is 2.62. The van der Waals surface area contributed by atoms with Gasteiger partial charge in [-0.05, 0) is 48.2 Å². The van der Waals surface area contributed by atoms with Crippen molar-refractivity contribution in [2.75, 3.05) is 13.1 Å². The van der Waals surface area contributed by atoms with E-state index in [9.17, 15) is 4.79 Å². The topological polar surface area (TPSA) is 42.4 Å². The van der Waals surface area contributed by atoms with Crippen LogP contribution in [0.1, 0.15) is 26.2 Å². The van der Waals surface area contributed by atoms with Crippen LogP contribution in [0.3, 0.4) is 0 Å². The zero-order chi connectivity index (χ0) is 13.0. The fraction of sp³-hybridized carbons (Fsp3) is 0.538. The molecule has 0 aromatic carbocycles. The first kappa shape index (κ1) is 13.3. The molecule has 1 saturated heterocycles. The van der Waals surface area contributed by atoms with Crippen molar-refractivity contribution in [2.45, 2.75) is 32.3 Å². The molecular formula is C13H17BrN2O2. The van der Waals surface area contributed by atoms with E-state index >= 15 is 0 Å². The molecule has 98 valence electrons. The zero-order valence-corrected chi connectivity index (χ0v) is 12.0. The number of amides is 1. The quantitative estimate of drug-likeness (QED) is 0.861. The monoisotopic (exact) mass is 312 g/mol. The van der Waals surface area contributed by atoms with Gasteiger partial charge in [-0.15, -0.1) is 0 Å². The predicted molar refractivity (Wildman–Crippen MR) is 72.5 cm³/mol. The molecule has 0 aliphatic carbocycles. The van der Waals surface area contributed by atoms with E-state index in [0.717, 1.165) is 30.4 Å². The highest BCUT2D eigenvalue weighted by molar-refractivity contribution is 9.10. The SMILES string of the molecule is CC(Oc1cncc(Br)c1)C(=O)N1CCCCC1. The summed E-state index contributed by atoms with van der Waals surface area (Å²) >= 11 is 3.33. The van der Waals surface area contributed by atoms with Gasteiger partial charge < -0.3 is 9.64 Å². The van der Waals surface area contributed by atoms with Gasteiger partial charge in [0.15, 0.2) is 6.10 Å². The second kappa shape index (κ2) is 6.18. The first-order chi connectivity index (χ1) is 8.66. The summed E-state index contributed by atoms with van der Waals surface area (Å²) in [5, 5.41) is 0. The van der Waals surface area contributed by atoms with E-state index in [-0.39, 0.29) is 5.91 Å². The Kier molecular flexibility index (Phi) is 4.58. The highest BCUT2D eigenvalue weighted by atomic mass is 79.9. The fourth-order valence-corrected chi connectivity index (χ4v) is 2.43. The molecule has 1 amide bonds. The lowest BCUT2D eigenvalue weighted by molar-refractivity contribution is -0.138. The van der Waals surface area contributed by atoms with E-state index in [1.807, 2.05) is 11.0 Å². The molecule has 1 aromatic rings. The Morgan fingerprint density at radius 3 is 2.78 bits per heavy atom. The number of rotatable bonds is 3. The number of aromatic nitrogens is 1. The Labute approximate surface area is 115 Å². The molecule has 0 saturated carbocycles. The summed E-state index contributed by atoms with van der Waals surface area (Å²) in [4.78, 5) is 18.1. The van der Waals surface area contributed by atoms with Crippen LogP contribution in [-0.2, 0) is 4.79 Å². The van der Waals surface area contributed by atoms with E-state index in [0.29, 0.717) is 5.75 Å². The molecule has 1 unspecified atom stereocenters. The number of ether oxygens (including phenoxy) is 1. The van der Waals surface area contributed by atoms with Crippen molar-refractivity contribution in [3.8, 4) is 5.75 Å². The van der Waals surface area contributed by atoms with Gasteiger partial charge in [0.05, 0.1) is 6.20 Å². The number of nitrogens with zero attached hydrogens (tertiary/aromatic N) is 2. The van der Waals surface area contributed by atoms with E-state index < -0.39 is 6.10 Å². The number of hydrogen-bond acceptors (Lipinski definition) is 3. The molecule has 1 aliphatic heterocycles. The molecule has 0 N–H and O–H groups in total. The Hall–Kier alpha value is -1.10. The van der Waals surface area contributed by atoms with Crippen LogP contribution in [0.2, 0.25) is 0 Å². The van der Waals surface area contributed by atoms with Gasteiger partial charge in [-0.1, -0.05) is 0 Å². The molecule has 2 rings (SSSR count). The lowest BCUT2D eigenvalue weighted by atomic mass is 10.1. The van der Waals surface area contributed by atoms with Gasteiger partial charge in [0.1, 0.15) is 5.75 Å². The van der Waals surface area contributed by atoms with Gasteiger partial charge >= 0.3 is 0 Å². The highest BCUT2D eigenvalue weighted by Crippen LogP contribution is 2.18. The summed E-state index contributed by atoms with van der Waals surface area (Å²) in [7, 11) is 0. The van der Waals surface area contributed by atoms with Crippen LogP contribution in [0.5, 0.6) is 5.75 Å². The van der Waals surface area contributed by atoms with Crippen LogP contribution in [-0.4, -0.2) is 35.0 Å². The molecule has 1 atom stereocenters. The van der Waals surface area contributed by atoms with Gasteiger partial charge in [0.25, 0.3) is 5.91 Å². The van der Waals surface area contributed by atoms with Crippen molar-refractivity contribution in [3.63, 3.8) is 0 Å². The van der Waals surface area contributed by atoms with Crippen molar-refractivity contribution < 1.29 is 9.53 Å². The Balaban J connectivity index is 1.94. The molecule has 1 fully saturated rings. The number of carbonyl (C=O) groups is 1. The maximum absolute atomic E-state index is 12.2. The molecule has 4 nitrogen and oxygen atoms in total. The van der Waals surface area contributed by atoms with E-state index in [2.05, 4.69) is 20.9 Å². The average Bonchev–Trinajstić information content (AvgIpc) is 2.39.